The third-order valence-corrected chi connectivity index (χ3v) is 3.66. The van der Waals surface area contributed by atoms with Crippen LogP contribution >= 0.6 is 0 Å². The Balaban J connectivity index is 2.06. The molecule has 1 aromatic carbocycles. The number of nitrogen functional groups attached to an aromatic ring is 1. The lowest BCUT2D eigenvalue weighted by Crippen LogP contribution is -2.24. The van der Waals surface area contributed by atoms with Crippen LogP contribution in [0.3, 0.4) is 0 Å². The van der Waals surface area contributed by atoms with Gasteiger partial charge in [-0.15, -0.1) is 0 Å². The van der Waals surface area contributed by atoms with Crippen LogP contribution in [-0.2, 0) is 4.74 Å². The van der Waals surface area contributed by atoms with Crippen LogP contribution in [0.5, 0.6) is 0 Å². The highest BCUT2D eigenvalue weighted by atomic mass is 16.6. The van der Waals surface area contributed by atoms with E-state index in [4.69, 9.17) is 10.5 Å². The number of nitrogens with two attached hydrogens (primary N) is 1. The third kappa shape index (κ3) is 3.14. The zero-order valence-corrected chi connectivity index (χ0v) is 11.0. The highest BCUT2D eigenvalue weighted by Crippen LogP contribution is 2.30. The van der Waals surface area contributed by atoms with Crippen LogP contribution in [0.1, 0.15) is 19.3 Å². The second kappa shape index (κ2) is 5.88. The van der Waals surface area contributed by atoms with Gasteiger partial charge in [-0.3, -0.25) is 10.1 Å². The van der Waals surface area contributed by atoms with E-state index < -0.39 is 4.92 Å². The second-order valence-electron chi connectivity index (χ2n) is 4.88. The monoisotopic (exact) mass is 265 g/mol. The number of benzene rings is 1. The lowest BCUT2D eigenvalue weighted by atomic mass is 10.1. The Morgan fingerprint density at radius 1 is 1.53 bits per heavy atom. The van der Waals surface area contributed by atoms with Crippen molar-refractivity contribution in [3.8, 4) is 0 Å². The number of hydrogen-bond acceptors (Lipinski definition) is 5. The number of hydrogen-bond donors (Lipinski definition) is 2. The lowest BCUT2D eigenvalue weighted by molar-refractivity contribution is -0.383. The van der Waals surface area contributed by atoms with E-state index in [0.717, 1.165) is 19.3 Å². The largest absolute Gasteiger partial charge is 0.399 e. The summed E-state index contributed by atoms with van der Waals surface area (Å²) in [5, 5.41) is 14.1. The molecule has 0 amide bonds. The molecular weight excluding hydrogens is 246 g/mol. The molecule has 1 aromatic rings. The molecule has 0 aromatic heterocycles. The van der Waals surface area contributed by atoms with Crippen molar-refractivity contribution in [2.75, 3.05) is 24.7 Å². The number of nitrogens with zero attached hydrogens (tertiary/aromatic N) is 1. The number of anilines is 2. The van der Waals surface area contributed by atoms with E-state index in [9.17, 15) is 10.1 Å². The molecule has 3 N–H and O–H groups in total. The summed E-state index contributed by atoms with van der Waals surface area (Å²) < 4.78 is 5.42. The molecule has 104 valence electrons. The number of nitro groups is 1. The van der Waals surface area contributed by atoms with Crippen LogP contribution in [0.25, 0.3) is 0 Å². The minimum atomic E-state index is -0.399. The van der Waals surface area contributed by atoms with Crippen molar-refractivity contribution in [3.05, 3.63) is 28.3 Å². The van der Waals surface area contributed by atoms with E-state index in [1.807, 2.05) is 0 Å². The summed E-state index contributed by atoms with van der Waals surface area (Å²) in [6.45, 7) is 0.669. The first-order valence-electron chi connectivity index (χ1n) is 6.42. The molecule has 0 bridgehead atoms. The van der Waals surface area contributed by atoms with Gasteiger partial charge in [0.25, 0.3) is 5.69 Å². The normalized spacial score (nSPS) is 22.4. The molecule has 1 fully saturated rings. The van der Waals surface area contributed by atoms with Gasteiger partial charge < -0.3 is 15.8 Å². The van der Waals surface area contributed by atoms with E-state index in [0.29, 0.717) is 23.8 Å². The van der Waals surface area contributed by atoms with Crippen LogP contribution in [0.4, 0.5) is 17.1 Å². The summed E-state index contributed by atoms with van der Waals surface area (Å²) >= 11 is 0. The summed E-state index contributed by atoms with van der Waals surface area (Å²) in [5.41, 5.74) is 6.73. The minimum Gasteiger partial charge on any atom is -0.399 e. The van der Waals surface area contributed by atoms with Crippen LogP contribution in [0.15, 0.2) is 18.2 Å². The van der Waals surface area contributed by atoms with Crippen LogP contribution in [0.2, 0.25) is 0 Å². The number of methoxy groups -OCH3 is 1. The Hall–Kier alpha value is -1.82. The number of rotatable bonds is 5. The fourth-order valence-corrected chi connectivity index (χ4v) is 2.64. The van der Waals surface area contributed by atoms with Crippen LogP contribution < -0.4 is 11.1 Å². The number of nitrogens with one attached hydrogen (secondary N) is 1. The van der Waals surface area contributed by atoms with E-state index in [1.54, 1.807) is 13.2 Å². The quantitative estimate of drug-likeness (QED) is 0.484. The molecule has 0 spiro atoms. The summed E-state index contributed by atoms with van der Waals surface area (Å²) in [6.07, 6.45) is 3.53. The summed E-state index contributed by atoms with van der Waals surface area (Å²) in [7, 11) is 1.71. The standard InChI is InChI=1S/C13H19N3O3/c1-19-13-4-2-3-9(13)8-15-11-7-10(14)5-6-12(11)16(17)18/h5-7,9,13,15H,2-4,8,14H2,1H3/t9-,13-/m0/s1. The Bertz CT molecular complexity index is 464. The van der Waals surface area contributed by atoms with Gasteiger partial charge in [-0.2, -0.15) is 0 Å². The minimum absolute atomic E-state index is 0.0566. The van der Waals surface area contributed by atoms with Gasteiger partial charge in [0, 0.05) is 31.3 Å². The summed E-state index contributed by atoms with van der Waals surface area (Å²) in [4.78, 5) is 10.6. The Morgan fingerprint density at radius 2 is 2.32 bits per heavy atom. The first kappa shape index (κ1) is 13.6. The van der Waals surface area contributed by atoms with E-state index in [-0.39, 0.29) is 11.8 Å². The number of ether oxygens (including phenoxy) is 1. The van der Waals surface area contributed by atoms with Crippen molar-refractivity contribution >= 4 is 17.1 Å². The van der Waals surface area contributed by atoms with Gasteiger partial charge in [-0.25, -0.2) is 0 Å². The summed E-state index contributed by atoms with van der Waals surface area (Å²) in [5.74, 6) is 0.394. The lowest BCUT2D eigenvalue weighted by Gasteiger charge is -2.19. The maximum Gasteiger partial charge on any atom is 0.292 e. The second-order valence-corrected chi connectivity index (χ2v) is 4.88. The molecule has 6 nitrogen and oxygen atoms in total. The van der Waals surface area contributed by atoms with Crippen molar-refractivity contribution in [3.63, 3.8) is 0 Å². The maximum absolute atomic E-state index is 10.9. The van der Waals surface area contributed by atoms with Crippen molar-refractivity contribution in [1.29, 1.82) is 0 Å². The first-order valence-corrected chi connectivity index (χ1v) is 6.42. The molecule has 0 aliphatic heterocycles. The van der Waals surface area contributed by atoms with Gasteiger partial charge in [0.05, 0.1) is 11.0 Å². The highest BCUT2D eigenvalue weighted by molar-refractivity contribution is 5.67. The average molecular weight is 265 g/mol. The Labute approximate surface area is 112 Å². The van der Waals surface area contributed by atoms with Crippen LogP contribution in [0, 0.1) is 16.0 Å². The van der Waals surface area contributed by atoms with Gasteiger partial charge in [-0.1, -0.05) is 6.42 Å². The van der Waals surface area contributed by atoms with E-state index in [1.165, 1.54) is 12.1 Å². The predicted molar refractivity (Wildman–Crippen MR) is 74.1 cm³/mol. The third-order valence-electron chi connectivity index (χ3n) is 3.66. The van der Waals surface area contributed by atoms with Gasteiger partial charge in [0.1, 0.15) is 5.69 Å². The van der Waals surface area contributed by atoms with Crippen molar-refractivity contribution in [1.82, 2.24) is 0 Å². The zero-order chi connectivity index (χ0) is 13.8. The first-order chi connectivity index (χ1) is 9.11. The molecule has 1 aliphatic carbocycles. The van der Waals surface area contributed by atoms with Crippen LogP contribution in [-0.4, -0.2) is 24.7 Å². The predicted octanol–water partition coefficient (Wildman–Crippen LogP) is 2.40. The molecule has 1 saturated carbocycles. The molecule has 2 rings (SSSR count). The number of nitro benzene ring substituents is 1. The topological polar surface area (TPSA) is 90.4 Å². The fourth-order valence-electron chi connectivity index (χ4n) is 2.64. The molecule has 1 aliphatic rings. The van der Waals surface area contributed by atoms with Gasteiger partial charge >= 0.3 is 0 Å². The molecular formula is C13H19N3O3. The average Bonchev–Trinajstić information content (AvgIpc) is 2.83. The SMILES string of the molecule is CO[C@H]1CCC[C@H]1CNc1cc(N)ccc1[N+](=O)[O-]. The van der Waals surface area contributed by atoms with E-state index >= 15 is 0 Å². The molecule has 19 heavy (non-hydrogen) atoms. The van der Waals surface area contributed by atoms with Gasteiger partial charge in [-0.05, 0) is 25.0 Å². The molecule has 0 saturated heterocycles. The zero-order valence-electron chi connectivity index (χ0n) is 11.0. The molecule has 0 unspecified atom stereocenters. The van der Waals surface area contributed by atoms with Crippen molar-refractivity contribution < 1.29 is 9.66 Å². The van der Waals surface area contributed by atoms with Crippen molar-refractivity contribution in [2.45, 2.75) is 25.4 Å². The molecule has 0 radical (unpaired) electrons. The molecule has 2 atom stereocenters. The smallest absolute Gasteiger partial charge is 0.292 e. The maximum atomic E-state index is 10.9. The highest BCUT2D eigenvalue weighted by Gasteiger charge is 2.27. The molecule has 6 heteroatoms. The summed E-state index contributed by atoms with van der Waals surface area (Å²) in [6, 6.07) is 4.58. The van der Waals surface area contributed by atoms with Gasteiger partial charge in [0.2, 0.25) is 0 Å². The molecule has 0 heterocycles. The van der Waals surface area contributed by atoms with Crippen molar-refractivity contribution in [2.24, 2.45) is 5.92 Å². The van der Waals surface area contributed by atoms with E-state index in [2.05, 4.69) is 5.32 Å². The Morgan fingerprint density at radius 3 is 3.00 bits per heavy atom. The fraction of sp³-hybridized carbons (Fsp3) is 0.538. The van der Waals surface area contributed by atoms with Gasteiger partial charge in [0.15, 0.2) is 0 Å². The Kier molecular flexibility index (Phi) is 4.21.